The highest BCUT2D eigenvalue weighted by Crippen LogP contribution is 2.26. The van der Waals surface area contributed by atoms with Gasteiger partial charge >= 0.3 is 0 Å². The second kappa shape index (κ2) is 6.35. The van der Waals surface area contributed by atoms with E-state index in [-0.39, 0.29) is 6.61 Å². The molecule has 6 heteroatoms. The molecule has 1 N–H and O–H groups in total. The SMILES string of the molecule is Cn1cnc2ccc(-c3cc(CO)nn3Cc3ccccc3Cl)cc21. The highest BCUT2D eigenvalue weighted by atomic mass is 35.5. The van der Waals surface area contributed by atoms with Crippen LogP contribution < -0.4 is 0 Å². The van der Waals surface area contributed by atoms with E-state index in [9.17, 15) is 5.11 Å². The third kappa shape index (κ3) is 2.92. The predicted octanol–water partition coefficient (Wildman–Crippen LogP) is 3.63. The number of hydrogen-bond acceptors (Lipinski definition) is 3. The minimum absolute atomic E-state index is 0.101. The summed E-state index contributed by atoms with van der Waals surface area (Å²) in [5.41, 5.74) is 5.58. The van der Waals surface area contributed by atoms with Crippen LogP contribution in [-0.2, 0) is 20.2 Å². The predicted molar refractivity (Wildman–Crippen MR) is 98.4 cm³/mol. The molecule has 0 saturated carbocycles. The molecule has 0 aliphatic rings. The third-order valence-electron chi connectivity index (χ3n) is 4.29. The Labute approximate surface area is 150 Å². The lowest BCUT2D eigenvalue weighted by molar-refractivity contribution is 0.275. The van der Waals surface area contributed by atoms with Gasteiger partial charge in [0, 0.05) is 17.6 Å². The van der Waals surface area contributed by atoms with Crippen LogP contribution in [0, 0.1) is 0 Å². The second-order valence-electron chi connectivity index (χ2n) is 5.99. The van der Waals surface area contributed by atoms with Crippen molar-refractivity contribution in [3.8, 4) is 11.3 Å². The zero-order chi connectivity index (χ0) is 17.4. The van der Waals surface area contributed by atoms with Crippen molar-refractivity contribution in [2.45, 2.75) is 13.2 Å². The number of aryl methyl sites for hydroxylation is 1. The lowest BCUT2D eigenvalue weighted by atomic mass is 10.1. The molecule has 0 amide bonds. The Balaban J connectivity index is 1.81. The maximum absolute atomic E-state index is 9.51. The molecule has 0 spiro atoms. The Morgan fingerprint density at radius 1 is 1.12 bits per heavy atom. The number of rotatable bonds is 4. The summed E-state index contributed by atoms with van der Waals surface area (Å²) in [5.74, 6) is 0. The summed E-state index contributed by atoms with van der Waals surface area (Å²) in [6.45, 7) is 0.439. The summed E-state index contributed by atoms with van der Waals surface area (Å²) in [6, 6.07) is 15.7. The molecular weight excluding hydrogens is 336 g/mol. The minimum atomic E-state index is -0.101. The van der Waals surface area contributed by atoms with E-state index in [1.807, 2.05) is 58.8 Å². The number of hydrogen-bond donors (Lipinski definition) is 1. The average Bonchev–Trinajstić information content (AvgIpc) is 3.20. The normalized spacial score (nSPS) is 11.3. The van der Waals surface area contributed by atoms with Crippen LogP contribution in [-0.4, -0.2) is 24.4 Å². The van der Waals surface area contributed by atoms with E-state index in [2.05, 4.69) is 16.1 Å². The Hall–Kier alpha value is -2.63. The fourth-order valence-corrected chi connectivity index (χ4v) is 3.17. The summed E-state index contributed by atoms with van der Waals surface area (Å²) >= 11 is 6.30. The van der Waals surface area contributed by atoms with Crippen LogP contribution in [0.5, 0.6) is 0 Å². The fraction of sp³-hybridized carbons (Fsp3) is 0.158. The van der Waals surface area contributed by atoms with Crippen LogP contribution in [0.3, 0.4) is 0 Å². The van der Waals surface area contributed by atoms with E-state index in [1.54, 1.807) is 6.33 Å². The molecule has 0 aliphatic heterocycles. The smallest absolute Gasteiger partial charge is 0.0955 e. The molecule has 2 aromatic heterocycles. The van der Waals surface area contributed by atoms with Gasteiger partial charge in [-0.1, -0.05) is 35.9 Å². The first kappa shape index (κ1) is 15.9. The Bertz CT molecular complexity index is 1050. The van der Waals surface area contributed by atoms with E-state index in [0.29, 0.717) is 17.3 Å². The number of imidazole rings is 1. The van der Waals surface area contributed by atoms with Crippen molar-refractivity contribution in [1.82, 2.24) is 19.3 Å². The lowest BCUT2D eigenvalue weighted by Gasteiger charge is -2.09. The molecule has 0 radical (unpaired) electrons. The maximum atomic E-state index is 9.51. The molecule has 0 fully saturated rings. The number of halogens is 1. The monoisotopic (exact) mass is 352 g/mol. The van der Waals surface area contributed by atoms with Crippen LogP contribution in [0.25, 0.3) is 22.3 Å². The Kier molecular flexibility index (Phi) is 4.03. The summed E-state index contributed by atoms with van der Waals surface area (Å²) in [5, 5.41) is 14.7. The van der Waals surface area contributed by atoms with Gasteiger partial charge in [-0.3, -0.25) is 4.68 Å². The van der Waals surface area contributed by atoms with Gasteiger partial charge in [-0.25, -0.2) is 4.98 Å². The zero-order valence-electron chi connectivity index (χ0n) is 13.7. The van der Waals surface area contributed by atoms with Crippen LogP contribution in [0.4, 0.5) is 0 Å². The van der Waals surface area contributed by atoms with Crippen molar-refractivity contribution in [1.29, 1.82) is 0 Å². The van der Waals surface area contributed by atoms with Gasteiger partial charge in [0.2, 0.25) is 0 Å². The van der Waals surface area contributed by atoms with Crippen LogP contribution in [0.15, 0.2) is 54.9 Å². The Morgan fingerprint density at radius 3 is 2.76 bits per heavy atom. The Morgan fingerprint density at radius 2 is 1.96 bits per heavy atom. The zero-order valence-corrected chi connectivity index (χ0v) is 14.5. The molecule has 0 bridgehead atoms. The quantitative estimate of drug-likeness (QED) is 0.610. The largest absolute Gasteiger partial charge is 0.390 e. The topological polar surface area (TPSA) is 55.9 Å². The van der Waals surface area contributed by atoms with Gasteiger partial charge in [-0.2, -0.15) is 5.10 Å². The van der Waals surface area contributed by atoms with Crippen LogP contribution in [0.1, 0.15) is 11.3 Å². The minimum Gasteiger partial charge on any atom is -0.390 e. The maximum Gasteiger partial charge on any atom is 0.0955 e. The molecule has 0 unspecified atom stereocenters. The van der Waals surface area contributed by atoms with Crippen molar-refractivity contribution >= 4 is 22.6 Å². The first-order chi connectivity index (χ1) is 12.2. The van der Waals surface area contributed by atoms with Crippen molar-refractivity contribution in [3.05, 3.63) is 71.1 Å². The van der Waals surface area contributed by atoms with E-state index < -0.39 is 0 Å². The number of nitrogens with zero attached hydrogens (tertiary/aromatic N) is 4. The van der Waals surface area contributed by atoms with E-state index >= 15 is 0 Å². The van der Waals surface area contributed by atoms with Crippen LogP contribution >= 0.6 is 11.6 Å². The molecule has 126 valence electrons. The second-order valence-corrected chi connectivity index (χ2v) is 6.39. The molecule has 0 saturated heterocycles. The summed E-state index contributed by atoms with van der Waals surface area (Å²) in [4.78, 5) is 4.36. The van der Waals surface area contributed by atoms with E-state index in [4.69, 9.17) is 11.6 Å². The van der Waals surface area contributed by atoms with Crippen LogP contribution in [0.2, 0.25) is 5.02 Å². The molecule has 5 nitrogen and oxygen atoms in total. The molecule has 25 heavy (non-hydrogen) atoms. The van der Waals surface area contributed by atoms with Gasteiger partial charge in [0.25, 0.3) is 0 Å². The number of aliphatic hydroxyl groups excluding tert-OH is 1. The molecule has 2 aromatic carbocycles. The van der Waals surface area contributed by atoms with Gasteiger partial charge in [-0.05, 0) is 29.8 Å². The summed E-state index contributed by atoms with van der Waals surface area (Å²) in [6.07, 6.45) is 1.80. The summed E-state index contributed by atoms with van der Waals surface area (Å²) < 4.78 is 3.87. The number of fused-ring (bicyclic) bond motifs is 1. The number of benzene rings is 2. The van der Waals surface area contributed by atoms with Crippen molar-refractivity contribution < 1.29 is 5.11 Å². The van der Waals surface area contributed by atoms with Gasteiger partial charge in [0.1, 0.15) is 0 Å². The molecule has 0 aliphatic carbocycles. The number of aromatic nitrogens is 4. The third-order valence-corrected chi connectivity index (χ3v) is 4.66. The van der Waals surface area contributed by atoms with Crippen molar-refractivity contribution in [3.63, 3.8) is 0 Å². The highest BCUT2D eigenvalue weighted by molar-refractivity contribution is 6.31. The lowest BCUT2D eigenvalue weighted by Crippen LogP contribution is -2.05. The molecule has 2 heterocycles. The number of aliphatic hydroxyl groups is 1. The highest BCUT2D eigenvalue weighted by Gasteiger charge is 2.13. The molecular formula is C19H17ClN4O. The van der Waals surface area contributed by atoms with Gasteiger partial charge in [0.15, 0.2) is 0 Å². The van der Waals surface area contributed by atoms with Crippen molar-refractivity contribution in [2.75, 3.05) is 0 Å². The van der Waals surface area contributed by atoms with E-state index in [1.165, 1.54) is 0 Å². The van der Waals surface area contributed by atoms with E-state index in [0.717, 1.165) is 27.9 Å². The van der Waals surface area contributed by atoms with Gasteiger partial charge in [-0.15, -0.1) is 0 Å². The standard InChI is InChI=1S/C19H17ClN4O/c1-23-12-21-17-7-6-13(8-19(17)23)18-9-15(11-25)22-24(18)10-14-4-2-3-5-16(14)20/h2-9,12,25H,10-11H2,1H3. The van der Waals surface area contributed by atoms with Gasteiger partial charge in [0.05, 0.1) is 41.9 Å². The first-order valence-corrected chi connectivity index (χ1v) is 8.36. The summed E-state index contributed by atoms with van der Waals surface area (Å²) in [7, 11) is 1.97. The van der Waals surface area contributed by atoms with Gasteiger partial charge < -0.3 is 9.67 Å². The van der Waals surface area contributed by atoms with Crippen molar-refractivity contribution in [2.24, 2.45) is 7.05 Å². The fourth-order valence-electron chi connectivity index (χ4n) is 2.97. The first-order valence-electron chi connectivity index (χ1n) is 7.98. The molecule has 4 aromatic rings. The molecule has 0 atom stereocenters. The average molecular weight is 353 g/mol. The molecule has 4 rings (SSSR count).